The molecule has 4 aliphatic carbocycles. The average Bonchev–Trinajstić information content (AvgIpc) is 3.75. The maximum Gasteiger partial charge on any atom is 0.136 e. The first kappa shape index (κ1) is 28.3. The summed E-state index contributed by atoms with van der Waals surface area (Å²) in [5.41, 5.74) is 15.8. The summed E-state index contributed by atoms with van der Waals surface area (Å²) >= 11 is 0. The number of amidine groups is 1. The molecule has 0 bridgehead atoms. The fraction of sp³-hybridized carbons (Fsp3) is 0.196. The third-order valence-corrected chi connectivity index (χ3v) is 11.5. The number of hydrogen-bond acceptors (Lipinski definition) is 4. The Morgan fingerprint density at radius 3 is 2.56 bits per heavy atom. The molecule has 2 aromatic heterocycles. The maximum absolute atomic E-state index is 6.84. The van der Waals surface area contributed by atoms with Crippen molar-refractivity contribution in [2.75, 3.05) is 0 Å². The zero-order chi connectivity index (χ0) is 32.8. The Morgan fingerprint density at radius 2 is 1.56 bits per heavy atom. The van der Waals surface area contributed by atoms with E-state index < -0.39 is 0 Å². The number of furan rings is 2. The van der Waals surface area contributed by atoms with Crippen LogP contribution in [0.2, 0.25) is 0 Å². The third kappa shape index (κ3) is 4.27. The van der Waals surface area contributed by atoms with Gasteiger partial charge in [0.15, 0.2) is 0 Å². The smallest absolute Gasteiger partial charge is 0.136 e. The molecule has 0 spiro atoms. The molecule has 1 N–H and O–H groups in total. The molecule has 242 valence electrons. The summed E-state index contributed by atoms with van der Waals surface area (Å²) in [5.74, 6) is 2.15. The number of aliphatic imine (C=N–C) groups is 1. The molecule has 1 aliphatic heterocycles. The van der Waals surface area contributed by atoms with Crippen molar-refractivity contribution >= 4 is 50.4 Å². The van der Waals surface area contributed by atoms with Crippen LogP contribution in [0, 0.1) is 5.92 Å². The predicted molar refractivity (Wildman–Crippen MR) is 204 cm³/mol. The summed E-state index contributed by atoms with van der Waals surface area (Å²) in [6, 6.07) is 28.5. The van der Waals surface area contributed by atoms with Crippen LogP contribution in [0.4, 0.5) is 0 Å². The van der Waals surface area contributed by atoms with Gasteiger partial charge in [-0.2, -0.15) is 0 Å². The van der Waals surface area contributed by atoms with Gasteiger partial charge in [-0.15, -0.1) is 0 Å². The Balaban J connectivity index is 1.07. The lowest BCUT2D eigenvalue weighted by molar-refractivity contribution is 0.563. The van der Waals surface area contributed by atoms with E-state index in [0.29, 0.717) is 0 Å². The SMILES string of the molecule is C1=CC2=C(CC1)c1oc3cccc(-c4ccc5c(c4)CCC=C5)c3c1CC2C1=C2CCC=CC2NC(c2ccc3c(c2)oc2ccccc23)=N1. The zero-order valence-corrected chi connectivity index (χ0v) is 27.8. The van der Waals surface area contributed by atoms with Crippen molar-refractivity contribution in [2.24, 2.45) is 10.9 Å². The second-order valence-corrected chi connectivity index (χ2v) is 14.3. The van der Waals surface area contributed by atoms with Crippen LogP contribution >= 0.6 is 0 Å². The van der Waals surface area contributed by atoms with Gasteiger partial charge in [0.2, 0.25) is 0 Å². The van der Waals surface area contributed by atoms with Gasteiger partial charge in [-0.3, -0.25) is 0 Å². The van der Waals surface area contributed by atoms with Crippen molar-refractivity contribution in [1.29, 1.82) is 0 Å². The molecule has 4 heteroatoms. The summed E-state index contributed by atoms with van der Waals surface area (Å²) in [6.45, 7) is 0. The van der Waals surface area contributed by atoms with Crippen LogP contribution in [0.1, 0.15) is 60.1 Å². The molecule has 0 saturated carbocycles. The molecule has 3 heterocycles. The normalized spacial score (nSPS) is 20.9. The van der Waals surface area contributed by atoms with Crippen molar-refractivity contribution in [3.05, 3.63) is 154 Å². The van der Waals surface area contributed by atoms with Crippen molar-refractivity contribution in [2.45, 2.75) is 51.0 Å². The molecular weight excluding hydrogens is 613 g/mol. The minimum Gasteiger partial charge on any atom is -0.456 e. The van der Waals surface area contributed by atoms with E-state index in [2.05, 4.69) is 109 Å². The van der Waals surface area contributed by atoms with Gasteiger partial charge >= 0.3 is 0 Å². The predicted octanol–water partition coefficient (Wildman–Crippen LogP) is 11.3. The van der Waals surface area contributed by atoms with Gasteiger partial charge in [0.1, 0.15) is 28.3 Å². The molecule has 4 nitrogen and oxygen atoms in total. The molecule has 2 atom stereocenters. The average molecular weight is 649 g/mol. The minimum atomic E-state index is 0.122. The van der Waals surface area contributed by atoms with Crippen molar-refractivity contribution in [3.63, 3.8) is 0 Å². The van der Waals surface area contributed by atoms with Crippen LogP contribution in [0.25, 0.3) is 55.7 Å². The zero-order valence-electron chi connectivity index (χ0n) is 27.8. The van der Waals surface area contributed by atoms with E-state index in [9.17, 15) is 0 Å². The summed E-state index contributed by atoms with van der Waals surface area (Å²) < 4.78 is 13.2. The van der Waals surface area contributed by atoms with E-state index in [0.717, 1.165) is 89.6 Å². The molecule has 50 heavy (non-hydrogen) atoms. The van der Waals surface area contributed by atoms with Crippen LogP contribution in [0.15, 0.2) is 140 Å². The standard InChI is InChI=1S/C46H36N2O2/c1-2-11-28-24-29(21-20-27(28)10-1)31-16-9-19-41-43(31)38-26-37(32-12-3-4-14-35(32)45(38)50-41)44-36-15-5-7-17-39(36)47-46(48-44)30-22-23-34-33-13-6-8-18-40(33)49-42(34)25-30/h1,3,6-10,12-13,16-25,37,39H,2,4-5,11,14-15,26H2,(H,47,48). The summed E-state index contributed by atoms with van der Waals surface area (Å²) in [6.07, 6.45) is 21.0. The number of nitrogens with zero attached hydrogens (tertiary/aromatic N) is 1. The van der Waals surface area contributed by atoms with Crippen LogP contribution in [0.5, 0.6) is 0 Å². The fourth-order valence-corrected chi connectivity index (χ4v) is 9.17. The summed E-state index contributed by atoms with van der Waals surface area (Å²) in [5, 5.41) is 7.36. The van der Waals surface area contributed by atoms with Crippen molar-refractivity contribution in [1.82, 2.24) is 5.32 Å². The third-order valence-electron chi connectivity index (χ3n) is 11.5. The number of allylic oxidation sites excluding steroid dienone is 6. The lowest BCUT2D eigenvalue weighted by Gasteiger charge is -2.36. The summed E-state index contributed by atoms with van der Waals surface area (Å²) in [7, 11) is 0. The quantitative estimate of drug-likeness (QED) is 0.194. The number of aryl methyl sites for hydroxylation is 1. The highest BCUT2D eigenvalue weighted by Gasteiger charge is 2.38. The van der Waals surface area contributed by atoms with Gasteiger partial charge in [-0.05, 0) is 108 Å². The molecule has 0 amide bonds. The number of rotatable bonds is 3. The summed E-state index contributed by atoms with van der Waals surface area (Å²) in [4.78, 5) is 5.58. The first-order valence-electron chi connectivity index (χ1n) is 18.2. The van der Waals surface area contributed by atoms with E-state index in [1.807, 2.05) is 12.1 Å². The van der Waals surface area contributed by atoms with Gasteiger partial charge in [-0.1, -0.05) is 91.1 Å². The van der Waals surface area contributed by atoms with E-state index >= 15 is 0 Å². The molecular formula is C46H36N2O2. The monoisotopic (exact) mass is 648 g/mol. The highest BCUT2D eigenvalue weighted by molar-refractivity contribution is 6.09. The molecule has 6 aromatic rings. The van der Waals surface area contributed by atoms with E-state index in [-0.39, 0.29) is 12.0 Å². The van der Waals surface area contributed by atoms with E-state index in [4.69, 9.17) is 13.8 Å². The Morgan fingerprint density at radius 1 is 0.700 bits per heavy atom. The van der Waals surface area contributed by atoms with Gasteiger partial charge < -0.3 is 14.2 Å². The van der Waals surface area contributed by atoms with Gasteiger partial charge in [0.25, 0.3) is 0 Å². The van der Waals surface area contributed by atoms with Crippen LogP contribution in [-0.4, -0.2) is 11.9 Å². The first-order valence-corrected chi connectivity index (χ1v) is 18.2. The van der Waals surface area contributed by atoms with E-state index in [1.165, 1.54) is 55.6 Å². The largest absolute Gasteiger partial charge is 0.456 e. The maximum atomic E-state index is 6.84. The van der Waals surface area contributed by atoms with Crippen LogP contribution in [0.3, 0.4) is 0 Å². The number of fused-ring (bicyclic) bond motifs is 9. The van der Waals surface area contributed by atoms with E-state index in [1.54, 1.807) is 0 Å². The highest BCUT2D eigenvalue weighted by Crippen LogP contribution is 2.50. The second kappa shape index (κ2) is 10.9. The highest BCUT2D eigenvalue weighted by atomic mass is 16.3. The molecule has 2 unspecified atom stereocenters. The van der Waals surface area contributed by atoms with Crippen LogP contribution < -0.4 is 5.32 Å². The molecule has 0 saturated heterocycles. The van der Waals surface area contributed by atoms with Gasteiger partial charge in [0.05, 0.1) is 11.7 Å². The number of nitrogens with one attached hydrogen (secondary N) is 1. The number of hydrogen-bond donors (Lipinski definition) is 1. The van der Waals surface area contributed by atoms with Crippen molar-refractivity contribution < 1.29 is 8.83 Å². The number of benzene rings is 4. The minimum absolute atomic E-state index is 0.122. The molecule has 5 aliphatic rings. The van der Waals surface area contributed by atoms with Crippen LogP contribution in [-0.2, 0) is 12.8 Å². The topological polar surface area (TPSA) is 50.7 Å². The number of para-hydroxylation sites is 1. The lowest BCUT2D eigenvalue weighted by atomic mass is 9.73. The molecule has 0 fully saturated rings. The fourth-order valence-electron chi connectivity index (χ4n) is 9.17. The van der Waals surface area contributed by atoms with Crippen molar-refractivity contribution in [3.8, 4) is 11.1 Å². The second-order valence-electron chi connectivity index (χ2n) is 14.3. The Hall–Kier alpha value is -5.61. The van der Waals surface area contributed by atoms with Gasteiger partial charge in [-0.25, -0.2) is 4.99 Å². The first-order chi connectivity index (χ1) is 24.8. The Kier molecular flexibility index (Phi) is 6.19. The Bertz CT molecular complexity index is 2620. The molecule has 0 radical (unpaired) electrons. The lowest BCUT2D eigenvalue weighted by Crippen LogP contribution is -2.41. The molecule has 4 aromatic carbocycles. The Labute approximate surface area is 290 Å². The molecule has 11 rings (SSSR count). The van der Waals surface area contributed by atoms with Gasteiger partial charge in [0, 0.05) is 33.2 Å².